The molecule has 0 aliphatic rings. The van der Waals surface area contributed by atoms with Gasteiger partial charge in [0.1, 0.15) is 6.61 Å². The van der Waals surface area contributed by atoms with Crippen LogP contribution in [0, 0.1) is 0 Å². The largest absolute Gasteiger partial charge is 0.476 e. The number of hydrogen-bond donors (Lipinski definition) is 1. The lowest BCUT2D eigenvalue weighted by molar-refractivity contribution is 0.219. The summed E-state index contributed by atoms with van der Waals surface area (Å²) in [5.41, 5.74) is 6.67. The number of benzene rings is 1. The van der Waals surface area contributed by atoms with Gasteiger partial charge in [-0.2, -0.15) is 0 Å². The lowest BCUT2D eigenvalue weighted by Crippen LogP contribution is -2.41. The number of nitrogens with zero attached hydrogens (tertiary/aromatic N) is 1. The van der Waals surface area contributed by atoms with E-state index in [9.17, 15) is 0 Å². The molecule has 0 aliphatic heterocycles. The highest BCUT2D eigenvalue weighted by atomic mass is 16.5. The van der Waals surface area contributed by atoms with E-state index in [2.05, 4.69) is 11.9 Å². The summed E-state index contributed by atoms with van der Waals surface area (Å²) in [6.07, 6.45) is 0.876. The van der Waals surface area contributed by atoms with E-state index in [4.69, 9.17) is 10.5 Å². The normalized spacial score (nSPS) is 14.5. The average Bonchev–Trinajstić information content (AvgIpc) is 2.36. The first-order chi connectivity index (χ1) is 8.11. The standard InChI is InChI=1S/C14H18N2O/c1-3-14(2,15)10-17-13-9-8-11-6-4-5-7-12(11)16-13/h4-9H,3,10,15H2,1-2H3. The van der Waals surface area contributed by atoms with Crippen molar-refractivity contribution in [2.24, 2.45) is 5.73 Å². The van der Waals surface area contributed by atoms with E-state index in [1.165, 1.54) is 0 Å². The number of rotatable bonds is 4. The Morgan fingerprint density at radius 1 is 1.24 bits per heavy atom. The fourth-order valence-electron chi connectivity index (χ4n) is 1.47. The minimum absolute atomic E-state index is 0.298. The van der Waals surface area contributed by atoms with E-state index in [1.54, 1.807) is 0 Å². The molecule has 90 valence electrons. The molecular weight excluding hydrogens is 212 g/mol. The molecule has 2 rings (SSSR count). The second-order valence-corrected chi connectivity index (χ2v) is 4.64. The third-order valence-corrected chi connectivity index (χ3v) is 2.93. The third kappa shape index (κ3) is 2.94. The number of para-hydroxylation sites is 1. The zero-order valence-corrected chi connectivity index (χ0v) is 10.3. The van der Waals surface area contributed by atoms with Gasteiger partial charge in [0.2, 0.25) is 5.88 Å². The second-order valence-electron chi connectivity index (χ2n) is 4.64. The molecule has 1 aromatic heterocycles. The van der Waals surface area contributed by atoms with E-state index in [-0.39, 0.29) is 5.54 Å². The van der Waals surface area contributed by atoms with Crippen LogP contribution in [0.4, 0.5) is 0 Å². The molecule has 0 saturated heterocycles. The summed E-state index contributed by atoms with van der Waals surface area (Å²) in [5, 5.41) is 1.12. The van der Waals surface area contributed by atoms with E-state index in [0.29, 0.717) is 12.5 Å². The first kappa shape index (κ1) is 11.9. The van der Waals surface area contributed by atoms with Crippen LogP contribution in [-0.2, 0) is 0 Å². The van der Waals surface area contributed by atoms with E-state index < -0.39 is 0 Å². The van der Waals surface area contributed by atoms with Crippen molar-refractivity contribution in [3.8, 4) is 5.88 Å². The molecule has 0 fully saturated rings. The summed E-state index contributed by atoms with van der Waals surface area (Å²) in [7, 11) is 0. The van der Waals surface area contributed by atoms with Gasteiger partial charge in [0, 0.05) is 17.0 Å². The lowest BCUT2D eigenvalue weighted by atomic mass is 10.0. The van der Waals surface area contributed by atoms with Crippen molar-refractivity contribution in [1.29, 1.82) is 0 Å². The van der Waals surface area contributed by atoms with Crippen molar-refractivity contribution in [1.82, 2.24) is 4.98 Å². The van der Waals surface area contributed by atoms with Gasteiger partial charge < -0.3 is 10.5 Å². The molecule has 1 unspecified atom stereocenters. The quantitative estimate of drug-likeness (QED) is 0.878. The number of pyridine rings is 1. The van der Waals surface area contributed by atoms with E-state index in [0.717, 1.165) is 17.3 Å². The Labute approximate surface area is 102 Å². The lowest BCUT2D eigenvalue weighted by Gasteiger charge is -2.22. The maximum Gasteiger partial charge on any atom is 0.213 e. The molecule has 0 radical (unpaired) electrons. The van der Waals surface area contributed by atoms with Gasteiger partial charge in [-0.15, -0.1) is 0 Å². The molecule has 2 aromatic rings. The van der Waals surface area contributed by atoms with Gasteiger partial charge >= 0.3 is 0 Å². The highest BCUT2D eigenvalue weighted by molar-refractivity contribution is 5.78. The molecule has 0 amide bonds. The summed E-state index contributed by atoms with van der Waals surface area (Å²) in [6, 6.07) is 11.9. The first-order valence-corrected chi connectivity index (χ1v) is 5.88. The van der Waals surface area contributed by atoms with Crippen LogP contribution in [0.2, 0.25) is 0 Å². The highest BCUT2D eigenvalue weighted by Gasteiger charge is 2.16. The number of fused-ring (bicyclic) bond motifs is 1. The average molecular weight is 230 g/mol. The van der Waals surface area contributed by atoms with Crippen molar-refractivity contribution in [2.75, 3.05) is 6.61 Å². The van der Waals surface area contributed by atoms with Gasteiger partial charge in [-0.1, -0.05) is 25.1 Å². The van der Waals surface area contributed by atoms with Gasteiger partial charge in [-0.25, -0.2) is 4.98 Å². The smallest absolute Gasteiger partial charge is 0.213 e. The van der Waals surface area contributed by atoms with Crippen molar-refractivity contribution in [3.63, 3.8) is 0 Å². The summed E-state index contributed by atoms with van der Waals surface area (Å²) >= 11 is 0. The van der Waals surface area contributed by atoms with Crippen LogP contribution in [-0.4, -0.2) is 17.1 Å². The maximum atomic E-state index is 6.02. The fourth-order valence-corrected chi connectivity index (χ4v) is 1.47. The monoisotopic (exact) mass is 230 g/mol. The highest BCUT2D eigenvalue weighted by Crippen LogP contribution is 2.17. The van der Waals surface area contributed by atoms with Crippen LogP contribution in [0.25, 0.3) is 10.9 Å². The molecular formula is C14H18N2O. The fraction of sp³-hybridized carbons (Fsp3) is 0.357. The zero-order chi connectivity index (χ0) is 12.3. The van der Waals surface area contributed by atoms with Crippen LogP contribution in [0.15, 0.2) is 36.4 Å². The van der Waals surface area contributed by atoms with Crippen molar-refractivity contribution >= 4 is 10.9 Å². The van der Waals surface area contributed by atoms with Crippen molar-refractivity contribution in [3.05, 3.63) is 36.4 Å². The summed E-state index contributed by atoms with van der Waals surface area (Å²) in [6.45, 7) is 4.51. The first-order valence-electron chi connectivity index (χ1n) is 5.88. The van der Waals surface area contributed by atoms with Crippen LogP contribution in [0.5, 0.6) is 5.88 Å². The summed E-state index contributed by atoms with van der Waals surface area (Å²) in [4.78, 5) is 4.43. The third-order valence-electron chi connectivity index (χ3n) is 2.93. The van der Waals surface area contributed by atoms with Gasteiger partial charge in [0.15, 0.2) is 0 Å². The molecule has 0 bridgehead atoms. The Morgan fingerprint density at radius 3 is 2.76 bits per heavy atom. The predicted octanol–water partition coefficient (Wildman–Crippen LogP) is 2.74. The molecule has 3 nitrogen and oxygen atoms in total. The zero-order valence-electron chi connectivity index (χ0n) is 10.3. The Kier molecular flexibility index (Phi) is 3.29. The van der Waals surface area contributed by atoms with Crippen LogP contribution >= 0.6 is 0 Å². The van der Waals surface area contributed by atoms with Crippen molar-refractivity contribution in [2.45, 2.75) is 25.8 Å². The maximum absolute atomic E-state index is 6.02. The number of ether oxygens (including phenoxy) is 1. The minimum Gasteiger partial charge on any atom is -0.476 e. The molecule has 17 heavy (non-hydrogen) atoms. The molecule has 1 heterocycles. The molecule has 0 saturated carbocycles. The molecule has 0 aliphatic carbocycles. The SMILES string of the molecule is CCC(C)(N)COc1ccc2ccccc2n1. The van der Waals surface area contributed by atoms with Gasteiger partial charge in [-0.3, -0.25) is 0 Å². The number of nitrogens with two attached hydrogens (primary N) is 1. The molecule has 3 heteroatoms. The van der Waals surface area contributed by atoms with Crippen molar-refractivity contribution < 1.29 is 4.74 Å². The van der Waals surface area contributed by atoms with Crippen LogP contribution in [0.1, 0.15) is 20.3 Å². The Hall–Kier alpha value is -1.61. The molecule has 1 aromatic carbocycles. The minimum atomic E-state index is -0.298. The predicted molar refractivity (Wildman–Crippen MR) is 70.1 cm³/mol. The Morgan fingerprint density at radius 2 is 2.00 bits per heavy atom. The van der Waals surface area contributed by atoms with Crippen LogP contribution < -0.4 is 10.5 Å². The van der Waals surface area contributed by atoms with Gasteiger partial charge in [0.05, 0.1) is 5.52 Å². The second kappa shape index (κ2) is 4.72. The topological polar surface area (TPSA) is 48.1 Å². The number of aromatic nitrogens is 1. The summed E-state index contributed by atoms with van der Waals surface area (Å²) < 4.78 is 5.63. The number of hydrogen-bond acceptors (Lipinski definition) is 3. The molecule has 2 N–H and O–H groups in total. The summed E-state index contributed by atoms with van der Waals surface area (Å²) in [5.74, 6) is 0.633. The van der Waals surface area contributed by atoms with Gasteiger partial charge in [0.25, 0.3) is 0 Å². The van der Waals surface area contributed by atoms with E-state index in [1.807, 2.05) is 43.3 Å². The molecule has 0 spiro atoms. The molecule has 1 atom stereocenters. The Balaban J connectivity index is 2.14. The van der Waals surface area contributed by atoms with Crippen LogP contribution in [0.3, 0.4) is 0 Å². The van der Waals surface area contributed by atoms with Gasteiger partial charge in [-0.05, 0) is 25.5 Å². The van der Waals surface area contributed by atoms with E-state index >= 15 is 0 Å². The Bertz CT molecular complexity index is 508.